The molecule has 1 unspecified atom stereocenters. The molecule has 2 aromatic rings. The summed E-state index contributed by atoms with van der Waals surface area (Å²) in [6.45, 7) is 0.161. The molecule has 116 valence electrons. The van der Waals surface area contributed by atoms with E-state index in [4.69, 9.17) is 9.47 Å². The summed E-state index contributed by atoms with van der Waals surface area (Å²) in [6, 6.07) is 12.6. The predicted molar refractivity (Wildman–Crippen MR) is 83.8 cm³/mol. The van der Waals surface area contributed by atoms with Crippen molar-refractivity contribution in [2.24, 2.45) is 0 Å². The Morgan fingerprint density at radius 2 is 2.00 bits per heavy atom. The highest BCUT2D eigenvalue weighted by molar-refractivity contribution is 6.00. The normalized spacial score (nSPS) is 18.1. The lowest BCUT2D eigenvalue weighted by Gasteiger charge is -2.25. The molecule has 0 radical (unpaired) electrons. The fourth-order valence-corrected chi connectivity index (χ4v) is 2.68. The molecule has 2 amide bonds. The number of para-hydroxylation sites is 2. The Balaban J connectivity index is 1.47. The van der Waals surface area contributed by atoms with Crippen LogP contribution in [-0.2, 0) is 16.0 Å². The maximum absolute atomic E-state index is 12.3. The number of ether oxygens (including phenoxy) is 2. The third-order valence-electron chi connectivity index (χ3n) is 3.80. The van der Waals surface area contributed by atoms with Gasteiger partial charge in [0.1, 0.15) is 6.61 Å². The third kappa shape index (κ3) is 2.59. The standard InChI is InChI=1S/C17H14N2O4/c20-16-8-10-7-11(5-6-12(10)19-16)18-17(21)15-9-22-13-3-1-2-4-14(13)23-15/h1-7,15H,8-9H2,(H,18,21)(H,19,20). The van der Waals surface area contributed by atoms with Crippen LogP contribution < -0.4 is 20.1 Å². The van der Waals surface area contributed by atoms with Gasteiger partial charge in [0.2, 0.25) is 12.0 Å². The third-order valence-corrected chi connectivity index (χ3v) is 3.80. The Kier molecular flexibility index (Phi) is 3.15. The summed E-state index contributed by atoms with van der Waals surface area (Å²) in [4.78, 5) is 23.7. The molecule has 0 aromatic heterocycles. The predicted octanol–water partition coefficient (Wildman–Crippen LogP) is 1.96. The summed E-state index contributed by atoms with van der Waals surface area (Å²) < 4.78 is 11.2. The maximum Gasteiger partial charge on any atom is 0.269 e. The van der Waals surface area contributed by atoms with Crippen molar-refractivity contribution in [2.45, 2.75) is 12.5 Å². The number of amides is 2. The first-order chi connectivity index (χ1) is 11.2. The summed E-state index contributed by atoms with van der Waals surface area (Å²) in [5, 5.41) is 5.56. The van der Waals surface area contributed by atoms with Crippen LogP contribution in [-0.4, -0.2) is 24.5 Å². The van der Waals surface area contributed by atoms with E-state index in [1.165, 1.54) is 0 Å². The lowest BCUT2D eigenvalue weighted by Crippen LogP contribution is -2.40. The van der Waals surface area contributed by atoms with Crippen LogP contribution in [0.1, 0.15) is 5.56 Å². The van der Waals surface area contributed by atoms with Gasteiger partial charge in [-0.15, -0.1) is 0 Å². The largest absolute Gasteiger partial charge is 0.485 e. The molecule has 4 rings (SSSR count). The van der Waals surface area contributed by atoms with Gasteiger partial charge >= 0.3 is 0 Å². The first-order valence-electron chi connectivity index (χ1n) is 7.31. The van der Waals surface area contributed by atoms with E-state index in [2.05, 4.69) is 10.6 Å². The highest BCUT2D eigenvalue weighted by Crippen LogP contribution is 2.31. The molecule has 0 saturated heterocycles. The summed E-state index contributed by atoms with van der Waals surface area (Å²) in [5.74, 6) is 0.877. The zero-order chi connectivity index (χ0) is 15.8. The van der Waals surface area contributed by atoms with Crippen molar-refractivity contribution in [2.75, 3.05) is 17.2 Å². The SMILES string of the molecule is O=C1Cc2cc(NC(=O)C3COc4ccccc4O3)ccc2N1. The van der Waals surface area contributed by atoms with Crippen molar-refractivity contribution in [3.8, 4) is 11.5 Å². The van der Waals surface area contributed by atoms with E-state index in [9.17, 15) is 9.59 Å². The molecule has 1 atom stereocenters. The molecule has 2 N–H and O–H groups in total. The van der Waals surface area contributed by atoms with Crippen molar-refractivity contribution in [3.63, 3.8) is 0 Å². The van der Waals surface area contributed by atoms with E-state index in [1.54, 1.807) is 30.3 Å². The fourth-order valence-electron chi connectivity index (χ4n) is 2.68. The number of carbonyl (C=O) groups is 2. The van der Waals surface area contributed by atoms with E-state index >= 15 is 0 Å². The zero-order valence-electron chi connectivity index (χ0n) is 12.2. The highest BCUT2D eigenvalue weighted by Gasteiger charge is 2.27. The quantitative estimate of drug-likeness (QED) is 0.889. The molecule has 2 heterocycles. The summed E-state index contributed by atoms with van der Waals surface area (Å²) >= 11 is 0. The van der Waals surface area contributed by atoms with Crippen LogP contribution in [0.4, 0.5) is 11.4 Å². The Morgan fingerprint density at radius 3 is 2.87 bits per heavy atom. The van der Waals surface area contributed by atoms with Crippen molar-refractivity contribution >= 4 is 23.2 Å². The van der Waals surface area contributed by atoms with E-state index in [1.807, 2.05) is 12.1 Å². The number of carbonyl (C=O) groups excluding carboxylic acids is 2. The summed E-state index contributed by atoms with van der Waals surface area (Å²) in [6.07, 6.45) is -0.381. The minimum Gasteiger partial charge on any atom is -0.485 e. The van der Waals surface area contributed by atoms with Crippen LogP contribution in [0.2, 0.25) is 0 Å². The molecular weight excluding hydrogens is 296 g/mol. The average molecular weight is 310 g/mol. The molecule has 2 aromatic carbocycles. The van der Waals surface area contributed by atoms with Gasteiger partial charge in [0, 0.05) is 11.4 Å². The molecule has 2 aliphatic rings. The average Bonchev–Trinajstić information content (AvgIpc) is 2.93. The van der Waals surface area contributed by atoms with Crippen LogP contribution in [0.5, 0.6) is 11.5 Å². The molecular formula is C17H14N2O4. The molecule has 0 spiro atoms. The van der Waals surface area contributed by atoms with Gasteiger partial charge in [-0.05, 0) is 35.9 Å². The van der Waals surface area contributed by atoms with Crippen LogP contribution in [0.15, 0.2) is 42.5 Å². The minimum absolute atomic E-state index is 0.0379. The van der Waals surface area contributed by atoms with E-state index < -0.39 is 6.10 Å². The number of hydrogen-bond acceptors (Lipinski definition) is 4. The van der Waals surface area contributed by atoms with Crippen molar-refractivity contribution in [1.82, 2.24) is 0 Å². The molecule has 0 bridgehead atoms. The maximum atomic E-state index is 12.3. The number of benzene rings is 2. The van der Waals surface area contributed by atoms with Crippen molar-refractivity contribution in [1.29, 1.82) is 0 Å². The lowest BCUT2D eigenvalue weighted by molar-refractivity contribution is -0.125. The molecule has 23 heavy (non-hydrogen) atoms. The van der Waals surface area contributed by atoms with Gasteiger partial charge in [0.15, 0.2) is 11.5 Å². The van der Waals surface area contributed by atoms with Gasteiger partial charge in [-0.25, -0.2) is 0 Å². The van der Waals surface area contributed by atoms with Gasteiger partial charge in [-0.3, -0.25) is 9.59 Å². The van der Waals surface area contributed by atoms with Crippen LogP contribution in [0, 0.1) is 0 Å². The number of anilines is 2. The fraction of sp³-hybridized carbons (Fsp3) is 0.176. The Bertz CT molecular complexity index is 803. The number of hydrogen-bond donors (Lipinski definition) is 2. The topological polar surface area (TPSA) is 76.7 Å². The van der Waals surface area contributed by atoms with Gasteiger partial charge in [0.05, 0.1) is 6.42 Å². The van der Waals surface area contributed by atoms with Crippen LogP contribution in [0.3, 0.4) is 0 Å². The van der Waals surface area contributed by atoms with Gasteiger partial charge in [-0.1, -0.05) is 12.1 Å². The minimum atomic E-state index is -0.710. The van der Waals surface area contributed by atoms with Gasteiger partial charge < -0.3 is 20.1 Å². The van der Waals surface area contributed by atoms with Gasteiger partial charge in [-0.2, -0.15) is 0 Å². The lowest BCUT2D eigenvalue weighted by atomic mass is 10.1. The van der Waals surface area contributed by atoms with E-state index in [0.717, 1.165) is 11.3 Å². The highest BCUT2D eigenvalue weighted by atomic mass is 16.6. The monoisotopic (exact) mass is 310 g/mol. The summed E-state index contributed by atoms with van der Waals surface area (Å²) in [7, 11) is 0. The Hall–Kier alpha value is -3.02. The number of nitrogens with one attached hydrogen (secondary N) is 2. The molecule has 2 aliphatic heterocycles. The van der Waals surface area contributed by atoms with Crippen LogP contribution in [0.25, 0.3) is 0 Å². The van der Waals surface area contributed by atoms with Crippen molar-refractivity contribution < 1.29 is 19.1 Å². The summed E-state index contributed by atoms with van der Waals surface area (Å²) in [5.41, 5.74) is 2.30. The second kappa shape index (κ2) is 5.31. The Labute approximate surface area is 132 Å². The first-order valence-corrected chi connectivity index (χ1v) is 7.31. The smallest absolute Gasteiger partial charge is 0.269 e. The van der Waals surface area contributed by atoms with Crippen molar-refractivity contribution in [3.05, 3.63) is 48.0 Å². The number of rotatable bonds is 2. The molecule has 6 nitrogen and oxygen atoms in total. The Morgan fingerprint density at radius 1 is 1.17 bits per heavy atom. The van der Waals surface area contributed by atoms with E-state index in [-0.39, 0.29) is 18.4 Å². The van der Waals surface area contributed by atoms with E-state index in [0.29, 0.717) is 23.6 Å². The zero-order valence-corrected chi connectivity index (χ0v) is 12.2. The second-order valence-electron chi connectivity index (χ2n) is 5.45. The number of fused-ring (bicyclic) bond motifs is 2. The second-order valence-corrected chi connectivity index (χ2v) is 5.45. The molecule has 6 heteroatoms. The molecule has 0 aliphatic carbocycles. The molecule has 0 fully saturated rings. The molecule has 0 saturated carbocycles. The van der Waals surface area contributed by atoms with Crippen LogP contribution >= 0.6 is 0 Å². The van der Waals surface area contributed by atoms with Gasteiger partial charge in [0.25, 0.3) is 5.91 Å². The first kappa shape index (κ1) is 13.6.